The number of hydrogen-bond donors (Lipinski definition) is 4. The molecule has 0 aromatic heterocycles. The molecule has 1 aliphatic carbocycles. The highest BCUT2D eigenvalue weighted by molar-refractivity contribution is 5.98. The molecule has 4 atom stereocenters. The highest BCUT2D eigenvalue weighted by Gasteiger charge is 2.54. The van der Waals surface area contributed by atoms with Gasteiger partial charge in [-0.2, -0.15) is 0 Å². The fourth-order valence-corrected chi connectivity index (χ4v) is 4.87. The molecule has 1 aromatic rings. The number of ether oxygens (including phenoxy) is 4. The molecule has 11 heteroatoms. The minimum Gasteiger partial charge on any atom is -0.493 e. The smallest absolute Gasteiger partial charge is 0.245 e. The Morgan fingerprint density at radius 3 is 2.37 bits per heavy atom. The molecular formula is C27H40N2O9. The molecule has 3 rings (SSSR count). The summed E-state index contributed by atoms with van der Waals surface area (Å²) in [6.45, 7) is 5.05. The molecule has 11 nitrogen and oxygen atoms in total. The number of Topliss-reactive ketones (excluding diaryl/α,β-unsaturated/α-hetero) is 1. The largest absolute Gasteiger partial charge is 0.493 e. The Morgan fingerprint density at radius 1 is 1.13 bits per heavy atom. The van der Waals surface area contributed by atoms with Crippen molar-refractivity contribution in [2.45, 2.75) is 64.1 Å². The number of methoxy groups -OCH3 is 2. The molecule has 1 aromatic carbocycles. The van der Waals surface area contributed by atoms with Gasteiger partial charge in [0.2, 0.25) is 17.6 Å². The van der Waals surface area contributed by atoms with Crippen molar-refractivity contribution in [1.82, 2.24) is 10.6 Å². The number of carbonyl (C=O) groups is 3. The third-order valence-corrected chi connectivity index (χ3v) is 7.05. The molecule has 1 saturated heterocycles. The van der Waals surface area contributed by atoms with E-state index in [1.165, 1.54) is 7.11 Å². The van der Waals surface area contributed by atoms with Crippen LogP contribution in [0.4, 0.5) is 0 Å². The van der Waals surface area contributed by atoms with Crippen LogP contribution in [0.5, 0.6) is 17.2 Å². The van der Waals surface area contributed by atoms with Crippen molar-refractivity contribution in [2.75, 3.05) is 40.6 Å². The zero-order chi connectivity index (χ0) is 28.0. The van der Waals surface area contributed by atoms with Gasteiger partial charge in [0, 0.05) is 11.5 Å². The van der Waals surface area contributed by atoms with Crippen molar-refractivity contribution in [1.29, 1.82) is 0 Å². The van der Waals surface area contributed by atoms with Crippen molar-refractivity contribution < 1.29 is 43.5 Å². The Balaban J connectivity index is 1.73. The van der Waals surface area contributed by atoms with Crippen molar-refractivity contribution in [3.05, 3.63) is 17.2 Å². The quantitative estimate of drug-likeness (QED) is 0.249. The highest BCUT2D eigenvalue weighted by Crippen LogP contribution is 2.45. The third kappa shape index (κ3) is 6.39. The molecule has 212 valence electrons. The number of aliphatic hydroxyl groups is 2. The van der Waals surface area contributed by atoms with E-state index in [-0.39, 0.29) is 18.4 Å². The second-order valence-electron chi connectivity index (χ2n) is 10.2. The van der Waals surface area contributed by atoms with E-state index in [1.54, 1.807) is 7.11 Å². The lowest BCUT2D eigenvalue weighted by Gasteiger charge is -2.29. The summed E-state index contributed by atoms with van der Waals surface area (Å²) in [5.74, 6) is -0.319. The first kappa shape index (κ1) is 29.7. The number of nitrogens with one attached hydrogen (secondary N) is 2. The van der Waals surface area contributed by atoms with E-state index in [0.717, 1.165) is 11.1 Å². The summed E-state index contributed by atoms with van der Waals surface area (Å²) in [7, 11) is 3.08. The topological polar surface area (TPSA) is 156 Å². The van der Waals surface area contributed by atoms with Gasteiger partial charge in [-0.3, -0.25) is 14.4 Å². The molecule has 0 spiro atoms. The molecule has 0 radical (unpaired) electrons. The molecular weight excluding hydrogens is 496 g/mol. The van der Waals surface area contributed by atoms with E-state index >= 15 is 0 Å². The number of aliphatic hydroxyl groups excluding tert-OH is 2. The van der Waals surface area contributed by atoms with Crippen LogP contribution in [0.25, 0.3) is 0 Å². The van der Waals surface area contributed by atoms with Gasteiger partial charge in [0.05, 0.1) is 46.7 Å². The van der Waals surface area contributed by atoms with Gasteiger partial charge in [-0.25, -0.2) is 0 Å². The van der Waals surface area contributed by atoms with Gasteiger partial charge in [-0.05, 0) is 50.2 Å². The maximum absolute atomic E-state index is 13.2. The Kier molecular flexibility index (Phi) is 9.97. The first-order chi connectivity index (χ1) is 18.1. The van der Waals surface area contributed by atoms with Crippen LogP contribution in [0.1, 0.15) is 44.7 Å². The summed E-state index contributed by atoms with van der Waals surface area (Å²) in [5, 5.41) is 24.8. The molecule has 0 bridgehead atoms. The number of fused-ring (bicyclic) bond motifs is 1. The maximum atomic E-state index is 13.2. The Labute approximate surface area is 223 Å². The van der Waals surface area contributed by atoms with Gasteiger partial charge in [0.25, 0.3) is 0 Å². The van der Waals surface area contributed by atoms with Crippen molar-refractivity contribution in [2.24, 2.45) is 11.8 Å². The summed E-state index contributed by atoms with van der Waals surface area (Å²) in [6, 6.07) is -0.266. The van der Waals surface area contributed by atoms with Gasteiger partial charge in [0.1, 0.15) is 6.04 Å². The average molecular weight is 537 g/mol. The molecule has 2 aliphatic rings. The standard InChI is InChI=1S/C27H40N2O9/c1-6-37-22-18-10-17(8-7-16(18)11-21(35-4)23(22)36-5)25(33)29-20(12-30)26(34)28-19(9-15(2)3)24(32)27(13-31)14-38-27/h11,15,17,19-20,30-31H,6-10,12-14H2,1-5H3,(H,28,34)(H,29,33)/t17?,19?,20-,27?/m0/s1. The van der Waals surface area contributed by atoms with E-state index in [1.807, 2.05) is 26.8 Å². The van der Waals surface area contributed by atoms with Crippen molar-refractivity contribution in [3.8, 4) is 17.2 Å². The number of epoxide rings is 1. The third-order valence-electron chi connectivity index (χ3n) is 7.05. The molecule has 1 fully saturated rings. The van der Waals surface area contributed by atoms with Crippen molar-refractivity contribution >= 4 is 17.6 Å². The van der Waals surface area contributed by atoms with Crippen LogP contribution < -0.4 is 24.8 Å². The SMILES string of the molecule is CCOc1c2c(cc(OC)c1OC)CCC(C(=O)N[C@@H](CO)C(=O)NC(CC(C)C)C(=O)C1(CO)CO1)C2. The molecule has 1 heterocycles. The van der Waals surface area contributed by atoms with E-state index in [2.05, 4.69) is 10.6 Å². The number of amides is 2. The lowest BCUT2D eigenvalue weighted by molar-refractivity contribution is -0.135. The highest BCUT2D eigenvalue weighted by atomic mass is 16.6. The molecule has 3 unspecified atom stereocenters. The number of rotatable bonds is 14. The Bertz CT molecular complexity index is 1020. The second-order valence-corrected chi connectivity index (χ2v) is 10.2. The summed E-state index contributed by atoms with van der Waals surface area (Å²) in [4.78, 5) is 39.2. The van der Waals surface area contributed by atoms with E-state index < -0.39 is 48.5 Å². The predicted molar refractivity (Wildman–Crippen MR) is 137 cm³/mol. The lowest BCUT2D eigenvalue weighted by Crippen LogP contribution is -2.56. The number of ketones is 1. The summed E-state index contributed by atoms with van der Waals surface area (Å²) in [5.41, 5.74) is 0.562. The van der Waals surface area contributed by atoms with Crippen LogP contribution in [0.15, 0.2) is 6.07 Å². The van der Waals surface area contributed by atoms with Gasteiger partial charge in [-0.1, -0.05) is 13.8 Å². The van der Waals surface area contributed by atoms with Crippen LogP contribution in [-0.4, -0.2) is 86.1 Å². The minimum absolute atomic E-state index is 0.0679. The number of aryl methyl sites for hydroxylation is 1. The lowest BCUT2D eigenvalue weighted by atomic mass is 9.82. The summed E-state index contributed by atoms with van der Waals surface area (Å²) >= 11 is 0. The fourth-order valence-electron chi connectivity index (χ4n) is 4.87. The zero-order valence-electron chi connectivity index (χ0n) is 22.8. The first-order valence-electron chi connectivity index (χ1n) is 13.0. The zero-order valence-corrected chi connectivity index (χ0v) is 22.8. The van der Waals surface area contributed by atoms with Gasteiger partial charge >= 0.3 is 0 Å². The minimum atomic E-state index is -1.29. The van der Waals surface area contributed by atoms with E-state index in [0.29, 0.717) is 49.5 Å². The van der Waals surface area contributed by atoms with Crippen LogP contribution >= 0.6 is 0 Å². The average Bonchev–Trinajstić information content (AvgIpc) is 3.71. The number of hydrogen-bond acceptors (Lipinski definition) is 9. The molecule has 2 amide bonds. The molecule has 0 saturated carbocycles. The Morgan fingerprint density at radius 2 is 1.84 bits per heavy atom. The van der Waals surface area contributed by atoms with Crippen LogP contribution in [-0.2, 0) is 32.0 Å². The first-order valence-corrected chi connectivity index (χ1v) is 13.0. The normalized spacial score (nSPS) is 21.6. The maximum Gasteiger partial charge on any atom is 0.245 e. The van der Waals surface area contributed by atoms with Gasteiger partial charge in [0.15, 0.2) is 22.9 Å². The Hall–Kier alpha value is -2.89. The molecule has 1 aliphatic heterocycles. The second kappa shape index (κ2) is 12.8. The van der Waals surface area contributed by atoms with Gasteiger partial charge < -0.3 is 39.8 Å². The van der Waals surface area contributed by atoms with Gasteiger partial charge in [-0.15, -0.1) is 0 Å². The number of carbonyl (C=O) groups excluding carboxylic acids is 3. The summed E-state index contributed by atoms with van der Waals surface area (Å²) < 4.78 is 22.0. The monoisotopic (exact) mass is 536 g/mol. The predicted octanol–water partition coefficient (Wildman–Crippen LogP) is 0.546. The number of benzene rings is 1. The van der Waals surface area contributed by atoms with E-state index in [9.17, 15) is 24.6 Å². The van der Waals surface area contributed by atoms with E-state index in [4.69, 9.17) is 18.9 Å². The summed E-state index contributed by atoms with van der Waals surface area (Å²) in [6.07, 6.45) is 1.82. The molecule has 38 heavy (non-hydrogen) atoms. The van der Waals surface area contributed by atoms with Crippen molar-refractivity contribution in [3.63, 3.8) is 0 Å². The van der Waals surface area contributed by atoms with Crippen LogP contribution in [0.2, 0.25) is 0 Å². The molecule has 4 N–H and O–H groups in total. The fraction of sp³-hybridized carbons (Fsp3) is 0.667. The van der Waals surface area contributed by atoms with Crippen LogP contribution in [0, 0.1) is 11.8 Å². The van der Waals surface area contributed by atoms with Crippen LogP contribution in [0.3, 0.4) is 0 Å².